The number of nitrogens with one attached hydrogen (secondary N) is 2. The Kier molecular flexibility index (Phi) is 4.13. The van der Waals surface area contributed by atoms with Gasteiger partial charge in [0, 0.05) is 18.4 Å². The Morgan fingerprint density at radius 3 is 2.79 bits per heavy atom. The van der Waals surface area contributed by atoms with Gasteiger partial charge < -0.3 is 10.6 Å². The Bertz CT molecular complexity index is 567. The van der Waals surface area contributed by atoms with E-state index >= 15 is 0 Å². The molecule has 0 aliphatic rings. The molecule has 0 saturated heterocycles. The largest absolute Gasteiger partial charge is 0.385 e. The van der Waals surface area contributed by atoms with E-state index in [2.05, 4.69) is 15.6 Å². The first-order chi connectivity index (χ1) is 9.20. The van der Waals surface area contributed by atoms with Gasteiger partial charge in [0.15, 0.2) is 0 Å². The quantitative estimate of drug-likeness (QED) is 0.882. The Morgan fingerprint density at radius 2 is 2.11 bits per heavy atom. The molecule has 2 aromatic rings. The van der Waals surface area contributed by atoms with E-state index in [0.717, 1.165) is 17.8 Å². The minimum Gasteiger partial charge on any atom is -0.385 e. The molecule has 19 heavy (non-hydrogen) atoms. The second-order valence-electron chi connectivity index (χ2n) is 4.25. The second kappa shape index (κ2) is 6.00. The van der Waals surface area contributed by atoms with Crippen LogP contribution in [0.15, 0.2) is 42.6 Å². The van der Waals surface area contributed by atoms with Crippen molar-refractivity contribution in [3.63, 3.8) is 0 Å². The number of aryl methyl sites for hydroxylation is 1. The molecule has 1 heterocycles. The molecule has 0 bridgehead atoms. The maximum absolute atomic E-state index is 12.2. The molecule has 0 unspecified atom stereocenters. The van der Waals surface area contributed by atoms with Gasteiger partial charge in [0.25, 0.3) is 5.91 Å². The number of hydrogen-bond acceptors (Lipinski definition) is 3. The third kappa shape index (κ3) is 3.31. The summed E-state index contributed by atoms with van der Waals surface area (Å²) in [5, 5.41) is 5.99. The molecule has 4 nitrogen and oxygen atoms in total. The Hall–Kier alpha value is -2.36. The molecule has 1 aromatic carbocycles. The number of pyridine rings is 1. The lowest BCUT2D eigenvalue weighted by Crippen LogP contribution is -2.15. The molecule has 1 amide bonds. The van der Waals surface area contributed by atoms with Crippen molar-refractivity contribution in [2.75, 3.05) is 17.2 Å². The van der Waals surface area contributed by atoms with Gasteiger partial charge >= 0.3 is 0 Å². The van der Waals surface area contributed by atoms with Crippen LogP contribution in [0.5, 0.6) is 0 Å². The van der Waals surface area contributed by atoms with Crippen molar-refractivity contribution in [1.29, 1.82) is 0 Å². The highest BCUT2D eigenvalue weighted by molar-refractivity contribution is 6.07. The molecule has 0 atom stereocenters. The summed E-state index contributed by atoms with van der Waals surface area (Å²) in [5.74, 6) is 0.394. The summed E-state index contributed by atoms with van der Waals surface area (Å²) in [7, 11) is 0. The van der Waals surface area contributed by atoms with Crippen molar-refractivity contribution in [2.45, 2.75) is 13.8 Å². The summed E-state index contributed by atoms with van der Waals surface area (Å²) < 4.78 is 0. The van der Waals surface area contributed by atoms with Crippen LogP contribution in [0, 0.1) is 6.92 Å². The number of benzene rings is 1. The van der Waals surface area contributed by atoms with Gasteiger partial charge in [-0.15, -0.1) is 0 Å². The highest BCUT2D eigenvalue weighted by atomic mass is 16.1. The lowest BCUT2D eigenvalue weighted by molar-refractivity contribution is 0.102. The summed E-state index contributed by atoms with van der Waals surface area (Å²) in [5.41, 5.74) is 2.58. The molecule has 2 N–H and O–H groups in total. The van der Waals surface area contributed by atoms with E-state index < -0.39 is 0 Å². The highest BCUT2D eigenvalue weighted by Gasteiger charge is 2.11. The fourth-order valence-electron chi connectivity index (χ4n) is 1.81. The van der Waals surface area contributed by atoms with Crippen LogP contribution in [-0.2, 0) is 0 Å². The van der Waals surface area contributed by atoms with Crippen molar-refractivity contribution in [2.24, 2.45) is 0 Å². The maximum atomic E-state index is 12.2. The zero-order chi connectivity index (χ0) is 13.7. The molecule has 98 valence electrons. The third-order valence-corrected chi connectivity index (χ3v) is 2.69. The van der Waals surface area contributed by atoms with E-state index in [4.69, 9.17) is 0 Å². The number of anilines is 2. The van der Waals surface area contributed by atoms with Crippen LogP contribution < -0.4 is 10.6 Å². The lowest BCUT2D eigenvalue weighted by Gasteiger charge is -2.11. The molecule has 0 saturated carbocycles. The fourth-order valence-corrected chi connectivity index (χ4v) is 1.81. The maximum Gasteiger partial charge on any atom is 0.258 e. The number of carbonyl (C=O) groups excluding carboxylic acids is 1. The minimum atomic E-state index is -0.158. The summed E-state index contributed by atoms with van der Waals surface area (Å²) >= 11 is 0. The molecule has 0 aliphatic carbocycles. The van der Waals surface area contributed by atoms with Crippen LogP contribution in [0.4, 0.5) is 11.5 Å². The molecule has 1 aromatic heterocycles. The average Bonchev–Trinajstić information content (AvgIpc) is 2.40. The fraction of sp³-hybridized carbons (Fsp3) is 0.200. The first kappa shape index (κ1) is 13.1. The number of rotatable bonds is 4. The van der Waals surface area contributed by atoms with Crippen molar-refractivity contribution < 1.29 is 4.79 Å². The molecular weight excluding hydrogens is 238 g/mol. The van der Waals surface area contributed by atoms with Gasteiger partial charge in [-0.1, -0.05) is 12.1 Å². The van der Waals surface area contributed by atoms with Gasteiger partial charge in [0.05, 0.1) is 5.56 Å². The molecule has 0 fully saturated rings. The van der Waals surface area contributed by atoms with E-state index in [9.17, 15) is 4.79 Å². The SMILES string of the molecule is CCNc1cc(C)ccc1C(=O)Nc1ccccn1. The first-order valence-electron chi connectivity index (χ1n) is 6.27. The predicted octanol–water partition coefficient (Wildman–Crippen LogP) is 3.07. The second-order valence-corrected chi connectivity index (χ2v) is 4.25. The predicted molar refractivity (Wildman–Crippen MR) is 77.5 cm³/mol. The molecule has 0 radical (unpaired) electrons. The topological polar surface area (TPSA) is 54.0 Å². The summed E-state index contributed by atoms with van der Waals surface area (Å²) in [6.07, 6.45) is 1.65. The summed E-state index contributed by atoms with van der Waals surface area (Å²) in [4.78, 5) is 16.3. The van der Waals surface area contributed by atoms with Gasteiger partial charge in [-0.05, 0) is 43.7 Å². The van der Waals surface area contributed by atoms with Crippen LogP contribution in [0.1, 0.15) is 22.8 Å². The van der Waals surface area contributed by atoms with Gasteiger partial charge in [-0.3, -0.25) is 4.79 Å². The Balaban J connectivity index is 2.23. The first-order valence-corrected chi connectivity index (χ1v) is 6.27. The number of amides is 1. The van der Waals surface area contributed by atoms with E-state index in [-0.39, 0.29) is 5.91 Å². The Morgan fingerprint density at radius 1 is 1.26 bits per heavy atom. The standard InChI is InChI=1S/C15H17N3O/c1-3-16-13-10-11(2)7-8-12(13)15(19)18-14-6-4-5-9-17-14/h4-10,16H,3H2,1-2H3,(H,17,18,19). The zero-order valence-corrected chi connectivity index (χ0v) is 11.1. The molecule has 4 heteroatoms. The monoisotopic (exact) mass is 255 g/mol. The van der Waals surface area contributed by atoms with Crippen LogP contribution in [-0.4, -0.2) is 17.4 Å². The number of carbonyl (C=O) groups is 1. The van der Waals surface area contributed by atoms with Crippen molar-refractivity contribution in [3.8, 4) is 0 Å². The van der Waals surface area contributed by atoms with Crippen LogP contribution in [0.25, 0.3) is 0 Å². The van der Waals surface area contributed by atoms with Crippen LogP contribution in [0.3, 0.4) is 0 Å². The summed E-state index contributed by atoms with van der Waals surface area (Å²) in [6.45, 7) is 4.78. The lowest BCUT2D eigenvalue weighted by atomic mass is 10.1. The van der Waals surface area contributed by atoms with E-state index in [1.807, 2.05) is 44.2 Å². The highest BCUT2D eigenvalue weighted by Crippen LogP contribution is 2.18. The van der Waals surface area contributed by atoms with Gasteiger partial charge in [0.2, 0.25) is 0 Å². The van der Waals surface area contributed by atoms with E-state index in [1.54, 1.807) is 12.3 Å². The van der Waals surface area contributed by atoms with Crippen molar-refractivity contribution in [1.82, 2.24) is 4.98 Å². The van der Waals surface area contributed by atoms with Crippen molar-refractivity contribution in [3.05, 3.63) is 53.7 Å². The number of nitrogens with zero attached hydrogens (tertiary/aromatic N) is 1. The average molecular weight is 255 g/mol. The normalized spacial score (nSPS) is 10.0. The Labute approximate surface area is 112 Å². The van der Waals surface area contributed by atoms with Crippen LogP contribution >= 0.6 is 0 Å². The number of aromatic nitrogens is 1. The smallest absolute Gasteiger partial charge is 0.258 e. The van der Waals surface area contributed by atoms with Gasteiger partial charge in [-0.25, -0.2) is 4.98 Å². The van der Waals surface area contributed by atoms with E-state index in [0.29, 0.717) is 11.4 Å². The van der Waals surface area contributed by atoms with Crippen molar-refractivity contribution >= 4 is 17.4 Å². The molecule has 0 aliphatic heterocycles. The van der Waals surface area contributed by atoms with E-state index in [1.165, 1.54) is 0 Å². The number of hydrogen-bond donors (Lipinski definition) is 2. The summed E-state index contributed by atoms with van der Waals surface area (Å²) in [6, 6.07) is 11.1. The van der Waals surface area contributed by atoms with Crippen LogP contribution in [0.2, 0.25) is 0 Å². The van der Waals surface area contributed by atoms with Gasteiger partial charge in [-0.2, -0.15) is 0 Å². The minimum absolute atomic E-state index is 0.158. The molecular formula is C15H17N3O. The third-order valence-electron chi connectivity index (χ3n) is 2.69. The zero-order valence-electron chi connectivity index (χ0n) is 11.1. The molecule has 2 rings (SSSR count). The molecule has 0 spiro atoms. The van der Waals surface area contributed by atoms with Gasteiger partial charge in [0.1, 0.15) is 5.82 Å².